The number of hydrogen-bond donors (Lipinski definition) is 3. The van der Waals surface area contributed by atoms with Gasteiger partial charge in [-0.25, -0.2) is 0 Å². The van der Waals surface area contributed by atoms with E-state index >= 15 is 0 Å². The van der Waals surface area contributed by atoms with Gasteiger partial charge in [-0.1, -0.05) is 430 Å². The molecular weight excluding hydrogens is 2070 g/mol. The molecule has 0 aliphatic carbocycles. The average Bonchev–Trinajstić information content (AvgIpc) is 0.672. The Hall–Kier alpha value is -5.06. The summed E-state index contributed by atoms with van der Waals surface area (Å²) in [6, 6.07) is 126. The summed E-state index contributed by atoms with van der Waals surface area (Å²) in [5.41, 5.74) is 2.94. The van der Waals surface area contributed by atoms with Crippen molar-refractivity contribution < 1.29 is 195 Å². The molecule has 0 atom stereocenters. The normalized spacial score (nSPS) is 32.0. The van der Waals surface area contributed by atoms with Gasteiger partial charge in [-0.3, -0.25) is 0 Å². The first-order valence-electron chi connectivity index (χ1n) is 41.5. The van der Waals surface area contributed by atoms with Crippen LogP contribution in [-0.4, -0.2) is 152 Å². The number of benzene rings is 14. The molecule has 9 aliphatic heterocycles. The van der Waals surface area contributed by atoms with Crippen LogP contribution in [0.2, 0.25) is 0 Å². The Labute approximate surface area is 878 Å². The molecule has 9 fully saturated rings. The number of halogens is 3. The second-order valence-corrected chi connectivity index (χ2v) is 81.9. The third-order valence-electron chi connectivity index (χ3n) is 22.0. The van der Waals surface area contributed by atoms with Gasteiger partial charge in [0.05, 0.1) is 0 Å². The molecule has 9 saturated heterocycles. The molecule has 668 valence electrons. The van der Waals surface area contributed by atoms with Gasteiger partial charge in [0.15, 0.2) is 0 Å². The van der Waals surface area contributed by atoms with Gasteiger partial charge in [0.1, 0.15) is 0 Å². The number of rotatable bonds is 16. The van der Waals surface area contributed by atoms with Crippen molar-refractivity contribution in [3.63, 3.8) is 0 Å². The number of hydrogen-bond acceptors (Lipinski definition) is 24. The third-order valence-corrected chi connectivity index (χ3v) is 84.5. The maximum atomic E-state index is 13.6. The van der Waals surface area contributed by atoms with Crippen molar-refractivity contribution in [2.24, 2.45) is 0 Å². The fourth-order valence-corrected chi connectivity index (χ4v) is 95.2. The van der Waals surface area contributed by atoms with E-state index in [4.69, 9.17) is 120 Å². The molecule has 0 radical (unpaired) electrons. The van der Waals surface area contributed by atoms with Gasteiger partial charge in [-0.15, -0.1) is 46.4 Å². The summed E-state index contributed by atoms with van der Waals surface area (Å²) >= 11 is 15.8. The van der Waals surface area contributed by atoms with Crippen LogP contribution in [0.3, 0.4) is 0 Å². The van der Waals surface area contributed by atoms with E-state index in [1.165, 1.54) is 5.70 Å². The van der Waals surface area contributed by atoms with Crippen LogP contribution in [0.25, 0.3) is 0 Å². The van der Waals surface area contributed by atoms with Gasteiger partial charge in [-0.2, -0.15) is 0 Å². The summed E-state index contributed by atoms with van der Waals surface area (Å²) in [7, 11) is -71.9. The Morgan fingerprint density at radius 3 is 0.388 bits per heavy atom. The molecule has 14 aromatic rings. The zero-order chi connectivity index (χ0) is 89.8. The van der Waals surface area contributed by atoms with Crippen molar-refractivity contribution in [3.8, 4) is 0 Å². The van der Waals surface area contributed by atoms with Gasteiger partial charge in [-0.05, 0) is 5.70 Å². The van der Waals surface area contributed by atoms with Gasteiger partial charge < -0.3 is 105 Å². The van der Waals surface area contributed by atoms with E-state index in [0.29, 0.717) is 57.1 Å². The molecule has 23 rings (SSSR count). The van der Waals surface area contributed by atoms with Crippen LogP contribution < -0.4 is 161 Å². The minimum Gasteiger partial charge on any atom is -1.00 e. The van der Waals surface area contributed by atoms with Crippen LogP contribution >= 0.6 is 33.2 Å². The van der Waals surface area contributed by atoms with Crippen molar-refractivity contribution in [1.82, 2.24) is 0 Å². The second kappa shape index (κ2) is 40.4. The van der Waals surface area contributed by atoms with E-state index < -0.39 is 138 Å². The van der Waals surface area contributed by atoms with E-state index in [-0.39, 0.29) is 110 Å². The summed E-state index contributed by atoms with van der Waals surface area (Å²) in [6.07, 6.45) is 0. The Morgan fingerprint density at radius 2 is 0.284 bits per heavy atom. The summed E-state index contributed by atoms with van der Waals surface area (Å²) in [4.78, 5) is 40.7. The smallest absolute Gasteiger partial charge is 1.00 e. The standard InChI is InChI=1S/C44H38O12Si8.C42H38O12Si7.C2H3Cl3Si.3Na.H2.3H/c1-2-57-45-58(38-24-10-3-11-25-38)48-61(41-30-16-6-17-31-41)50-59(46-57,39-26-12-4-13-27-39)52-63(43-34-20-8-21-35-43)53-60(47-57,40-28-14-5-15-29-40)51-62(49-58,42-32-18-7-19-33-42)55-64(54-61,56-63)44-36-22-9-23-37-44;43-55(36-22-8-1-9-23-36)46-58(39-28-14-4-15-29-39)48-56(44,37-24-10-2-11-25-37)50-60(41-32-18-6-19-33-41)51-57(45,38-26-12-3-13-27-38)49-59(47-55,40-30-16-5-17-31-40)53-61(52-58,54-60)42-34-20-7-21-35-42;1-2-6(3,4)5;;;;;;;/h2-37H,1H2;1-35,43-45H;2H,1H2;;;;1H;;;/q;;;3*+1;;3*-1/i;;;;;;1+1;;;. The minimum atomic E-state index is -5.04. The predicted octanol–water partition coefficient (Wildman–Crippen LogP) is -2.12. The van der Waals surface area contributed by atoms with Crippen LogP contribution in [0, 0.1) is 0 Å². The Balaban J connectivity index is 0.000000210. The fourth-order valence-electron chi connectivity index (χ4n) is 16.0. The Bertz CT molecular complexity index is 5840. The molecule has 0 saturated carbocycles. The Kier molecular flexibility index (Phi) is 30.3. The van der Waals surface area contributed by atoms with Crippen LogP contribution in [0.4, 0.5) is 0 Å². The summed E-state index contributed by atoms with van der Waals surface area (Å²) in [5.74, 6) is 0. The minimum absolute atomic E-state index is 0. The monoisotopic (exact) mass is 2150 g/mol. The maximum Gasteiger partial charge on any atom is 1.00 e. The molecule has 12 bridgehead atoms. The van der Waals surface area contributed by atoms with Crippen molar-refractivity contribution in [2.45, 2.75) is 0 Å². The summed E-state index contributed by atoms with van der Waals surface area (Å²) < 4.78 is 161. The van der Waals surface area contributed by atoms with Gasteiger partial charge >= 0.3 is 227 Å². The van der Waals surface area contributed by atoms with Gasteiger partial charge in [0.25, 0.3) is 0 Å². The molecule has 24 nitrogen and oxygen atoms in total. The molecule has 0 amide bonds. The average molecular weight is 2150 g/mol. The zero-order valence-corrected chi connectivity index (χ0v) is 96.3. The molecule has 0 unspecified atom stereocenters. The van der Waals surface area contributed by atoms with E-state index in [1.54, 1.807) is 182 Å². The van der Waals surface area contributed by atoms with Crippen molar-refractivity contribution in [3.05, 3.63) is 449 Å². The third kappa shape index (κ3) is 19.3. The molecule has 0 aromatic heterocycles. The first kappa shape index (κ1) is 100. The largest absolute Gasteiger partial charge is 1.00 e. The van der Waals surface area contributed by atoms with Crippen molar-refractivity contribution in [1.29, 1.82) is 0 Å². The van der Waals surface area contributed by atoms with Gasteiger partial charge in [0, 0.05) is 74.0 Å². The van der Waals surface area contributed by atoms with Crippen LogP contribution in [0.1, 0.15) is 5.71 Å². The molecule has 14 aromatic carbocycles. The van der Waals surface area contributed by atoms with E-state index in [0.717, 1.165) is 0 Å². The topological polar surface area (TPSA) is 255 Å². The van der Waals surface area contributed by atoms with E-state index in [2.05, 4.69) is 13.2 Å². The molecule has 0 spiro atoms. The van der Waals surface area contributed by atoms with Crippen LogP contribution in [-0.2, 0) is 86.4 Å². The van der Waals surface area contributed by atoms with E-state index in [9.17, 15) is 14.4 Å². The maximum absolute atomic E-state index is 13.6. The predicted molar refractivity (Wildman–Crippen MR) is 530 cm³/mol. The Morgan fingerprint density at radius 1 is 0.187 bits per heavy atom. The molecule has 9 heterocycles. The molecule has 3 N–H and O–H groups in total. The first-order chi connectivity index (χ1) is 63.4. The van der Waals surface area contributed by atoms with Crippen LogP contribution in [0.5, 0.6) is 0 Å². The quantitative estimate of drug-likeness (QED) is 0.0691. The van der Waals surface area contributed by atoms with Crippen LogP contribution in [0.15, 0.2) is 449 Å². The van der Waals surface area contributed by atoms with E-state index in [1.807, 2.05) is 249 Å². The summed E-state index contributed by atoms with van der Waals surface area (Å²) in [5, 5.41) is 6.12. The summed E-state index contributed by atoms with van der Waals surface area (Å²) in [6.45, 7) is 7.69. The fraction of sp³-hybridized carbons (Fsp3) is 0. The molecule has 46 heteroatoms. The molecular formula is C88H84Cl3Na3O24Si16. The SMILES string of the molecule is C=C[Si](Cl)(Cl)Cl.C=C[Si]12O[Si]3(c4ccccc4)O[Si]4(c5ccccc5)O[Si](c5ccccc5)(O1)O[Si]1(c5ccccc5)O[Si](c5ccccc5)(O2)O[Si](c2ccccc2)(O3)O[Si](c2ccccc2)(O4)O1.O[Si]1(c2ccccc2)O[Si]2(c3ccccc3)O[Si](O)(c3ccccc3)O[Si]3(c4ccccc4)O[Si](O)(c4ccccc4)O[Si](c4ccccc4)(O1)O[Si](c1ccccc1)(O2)O3.[2HH].[H-].[H-].[H-].[Na+].[Na+].[Na+]. The second-order valence-electron chi connectivity index (χ2n) is 30.7. The zero-order valence-electron chi connectivity index (χ0n) is 75.0. The van der Waals surface area contributed by atoms with Crippen molar-refractivity contribution in [2.75, 3.05) is 0 Å². The van der Waals surface area contributed by atoms with Gasteiger partial charge in [0.2, 0.25) is 0 Å². The molecule has 134 heavy (non-hydrogen) atoms. The first-order valence-corrected chi connectivity index (χ1v) is 72.6. The molecule has 9 aliphatic rings. The number of fused-ring (bicyclic) bond motifs is 3. The van der Waals surface area contributed by atoms with Crippen molar-refractivity contribution >= 4 is 244 Å².